The molecule has 4 nitrogen and oxygen atoms in total. The fourth-order valence-corrected chi connectivity index (χ4v) is 1.80. The second-order valence-electron chi connectivity index (χ2n) is 3.69. The summed E-state index contributed by atoms with van der Waals surface area (Å²) >= 11 is 0. The van der Waals surface area contributed by atoms with Crippen LogP contribution < -0.4 is 5.32 Å². The van der Waals surface area contributed by atoms with Crippen molar-refractivity contribution in [2.45, 2.75) is 13.3 Å². The zero-order chi connectivity index (χ0) is 10.4. The molecule has 1 saturated heterocycles. The highest BCUT2D eigenvalue weighted by atomic mass is 35.5. The third-order valence-electron chi connectivity index (χ3n) is 2.56. The van der Waals surface area contributed by atoms with Gasteiger partial charge in [0.2, 0.25) is 5.91 Å². The van der Waals surface area contributed by atoms with Crippen LogP contribution in [0.4, 0.5) is 0 Å². The normalized spacial score (nSPS) is 20.1. The zero-order valence-electron chi connectivity index (χ0n) is 9.49. The Labute approximate surface area is 97.8 Å². The number of hydrogen-bond donors (Lipinski definition) is 1. The van der Waals surface area contributed by atoms with Gasteiger partial charge in [-0.3, -0.25) is 4.79 Å². The van der Waals surface area contributed by atoms with E-state index in [1.807, 2.05) is 18.9 Å². The maximum Gasteiger partial charge on any atom is 0.248 e. The monoisotopic (exact) mass is 236 g/mol. The van der Waals surface area contributed by atoms with E-state index in [2.05, 4.69) is 5.32 Å². The molecule has 1 heterocycles. The molecule has 1 aliphatic heterocycles. The van der Waals surface area contributed by atoms with Crippen molar-refractivity contribution in [2.24, 2.45) is 5.92 Å². The van der Waals surface area contributed by atoms with Gasteiger partial charge in [-0.15, -0.1) is 12.4 Å². The number of nitrogens with one attached hydrogen (secondary N) is 1. The van der Waals surface area contributed by atoms with Gasteiger partial charge in [-0.05, 0) is 32.9 Å². The summed E-state index contributed by atoms with van der Waals surface area (Å²) in [5, 5.41) is 3.14. The number of nitrogens with zero attached hydrogens (tertiary/aromatic N) is 1. The number of rotatable bonds is 5. The Bertz CT molecular complexity index is 190. The molecule has 1 N–H and O–H groups in total. The molecule has 90 valence electrons. The Kier molecular flexibility index (Phi) is 7.74. The second-order valence-corrected chi connectivity index (χ2v) is 3.69. The number of ether oxygens (including phenoxy) is 1. The van der Waals surface area contributed by atoms with Gasteiger partial charge in [0.25, 0.3) is 0 Å². The standard InChI is InChI=1S/C10H20N2O2.ClH/c1-3-14-8-10(13)12-5-4-9(7-12)6-11-2;/h9,11H,3-8H2,1-2H3;1H. The fourth-order valence-electron chi connectivity index (χ4n) is 1.80. The summed E-state index contributed by atoms with van der Waals surface area (Å²) in [5.41, 5.74) is 0. The van der Waals surface area contributed by atoms with E-state index in [-0.39, 0.29) is 24.9 Å². The Morgan fingerprint density at radius 2 is 2.33 bits per heavy atom. The lowest BCUT2D eigenvalue weighted by atomic mass is 10.1. The molecule has 0 aromatic heterocycles. The highest BCUT2D eigenvalue weighted by Gasteiger charge is 2.25. The SMILES string of the molecule is CCOCC(=O)N1CCC(CNC)C1.Cl. The van der Waals surface area contributed by atoms with Crippen molar-refractivity contribution in [3.8, 4) is 0 Å². The molecule has 1 amide bonds. The molecule has 5 heteroatoms. The van der Waals surface area contributed by atoms with E-state index in [4.69, 9.17) is 4.74 Å². The first-order valence-corrected chi connectivity index (χ1v) is 5.28. The maximum atomic E-state index is 11.5. The molecule has 0 aliphatic carbocycles. The smallest absolute Gasteiger partial charge is 0.248 e. The van der Waals surface area contributed by atoms with Crippen molar-refractivity contribution in [1.29, 1.82) is 0 Å². The highest BCUT2D eigenvalue weighted by molar-refractivity contribution is 5.85. The van der Waals surface area contributed by atoms with Crippen LogP contribution in [0, 0.1) is 5.92 Å². The molecule has 1 fully saturated rings. The number of carbonyl (C=O) groups excluding carboxylic acids is 1. The quantitative estimate of drug-likeness (QED) is 0.757. The number of hydrogen-bond acceptors (Lipinski definition) is 3. The van der Waals surface area contributed by atoms with Crippen LogP contribution >= 0.6 is 12.4 Å². The number of halogens is 1. The Morgan fingerprint density at radius 3 is 2.93 bits per heavy atom. The molecule has 0 bridgehead atoms. The predicted molar refractivity (Wildman–Crippen MR) is 62.4 cm³/mol. The predicted octanol–water partition coefficient (Wildman–Crippen LogP) is 0.513. The average molecular weight is 237 g/mol. The van der Waals surface area contributed by atoms with Crippen LogP contribution in [-0.4, -0.2) is 50.7 Å². The second kappa shape index (κ2) is 7.91. The fraction of sp³-hybridized carbons (Fsp3) is 0.900. The van der Waals surface area contributed by atoms with E-state index < -0.39 is 0 Å². The molecule has 0 radical (unpaired) electrons. The van der Waals surface area contributed by atoms with Crippen molar-refractivity contribution in [3.63, 3.8) is 0 Å². The summed E-state index contributed by atoms with van der Waals surface area (Å²) in [7, 11) is 1.95. The molecular formula is C10H21ClN2O2. The van der Waals surface area contributed by atoms with Crippen molar-refractivity contribution < 1.29 is 9.53 Å². The van der Waals surface area contributed by atoms with Gasteiger partial charge in [0.05, 0.1) is 0 Å². The van der Waals surface area contributed by atoms with E-state index in [0.717, 1.165) is 26.1 Å². The molecule has 1 aliphatic rings. The van der Waals surface area contributed by atoms with Gasteiger partial charge in [0.15, 0.2) is 0 Å². The lowest BCUT2D eigenvalue weighted by Gasteiger charge is -2.16. The van der Waals surface area contributed by atoms with Crippen molar-refractivity contribution in [3.05, 3.63) is 0 Å². The Morgan fingerprint density at radius 1 is 1.60 bits per heavy atom. The van der Waals surface area contributed by atoms with E-state index in [1.165, 1.54) is 0 Å². The minimum atomic E-state index is 0. The van der Waals surface area contributed by atoms with Crippen molar-refractivity contribution in [2.75, 3.05) is 39.9 Å². The third-order valence-corrected chi connectivity index (χ3v) is 2.56. The van der Waals surface area contributed by atoms with Crippen LogP contribution in [0.2, 0.25) is 0 Å². The first kappa shape index (κ1) is 14.7. The number of amides is 1. The molecule has 0 spiro atoms. The number of carbonyl (C=O) groups is 1. The largest absolute Gasteiger partial charge is 0.372 e. The summed E-state index contributed by atoms with van der Waals surface area (Å²) in [6.07, 6.45) is 1.11. The van der Waals surface area contributed by atoms with E-state index >= 15 is 0 Å². The molecule has 1 rings (SSSR count). The summed E-state index contributed by atoms with van der Waals surface area (Å²) in [6.45, 7) is 5.52. The molecule has 0 aromatic carbocycles. The number of likely N-dealkylation sites (tertiary alicyclic amines) is 1. The summed E-state index contributed by atoms with van der Waals surface area (Å²) in [6, 6.07) is 0. The molecule has 1 atom stereocenters. The lowest BCUT2D eigenvalue weighted by molar-refractivity contribution is -0.135. The molecule has 0 saturated carbocycles. The third kappa shape index (κ3) is 4.82. The van der Waals surface area contributed by atoms with Gasteiger partial charge >= 0.3 is 0 Å². The Hall–Kier alpha value is -0.320. The van der Waals surface area contributed by atoms with Crippen LogP contribution in [0.1, 0.15) is 13.3 Å². The van der Waals surface area contributed by atoms with Crippen molar-refractivity contribution >= 4 is 18.3 Å². The topological polar surface area (TPSA) is 41.6 Å². The van der Waals surface area contributed by atoms with Gasteiger partial charge in [-0.2, -0.15) is 0 Å². The van der Waals surface area contributed by atoms with Crippen LogP contribution in [0.5, 0.6) is 0 Å². The zero-order valence-corrected chi connectivity index (χ0v) is 10.3. The van der Waals surface area contributed by atoms with Gasteiger partial charge in [0.1, 0.15) is 6.61 Å². The summed E-state index contributed by atoms with van der Waals surface area (Å²) < 4.78 is 5.10. The summed E-state index contributed by atoms with van der Waals surface area (Å²) in [5.74, 6) is 0.746. The van der Waals surface area contributed by atoms with Crippen LogP contribution in [-0.2, 0) is 9.53 Å². The van der Waals surface area contributed by atoms with Gasteiger partial charge < -0.3 is 15.0 Å². The average Bonchev–Trinajstić information content (AvgIpc) is 2.63. The minimum absolute atomic E-state index is 0. The lowest BCUT2D eigenvalue weighted by Crippen LogP contribution is -2.33. The van der Waals surface area contributed by atoms with E-state index in [1.54, 1.807) is 0 Å². The first-order valence-electron chi connectivity index (χ1n) is 5.28. The van der Waals surface area contributed by atoms with Gasteiger partial charge in [-0.25, -0.2) is 0 Å². The Balaban J connectivity index is 0.00000196. The van der Waals surface area contributed by atoms with E-state index in [9.17, 15) is 4.79 Å². The van der Waals surface area contributed by atoms with Crippen LogP contribution in [0.25, 0.3) is 0 Å². The van der Waals surface area contributed by atoms with Crippen molar-refractivity contribution in [1.82, 2.24) is 10.2 Å². The van der Waals surface area contributed by atoms with Crippen LogP contribution in [0.15, 0.2) is 0 Å². The van der Waals surface area contributed by atoms with Gasteiger partial charge in [-0.1, -0.05) is 0 Å². The maximum absolute atomic E-state index is 11.5. The molecular weight excluding hydrogens is 216 g/mol. The molecule has 15 heavy (non-hydrogen) atoms. The minimum Gasteiger partial charge on any atom is -0.372 e. The summed E-state index contributed by atoms with van der Waals surface area (Å²) in [4.78, 5) is 13.4. The molecule has 1 unspecified atom stereocenters. The molecule has 0 aromatic rings. The highest BCUT2D eigenvalue weighted by Crippen LogP contribution is 2.15. The first-order chi connectivity index (χ1) is 6.77. The van der Waals surface area contributed by atoms with Gasteiger partial charge in [0, 0.05) is 19.7 Å². The van der Waals surface area contributed by atoms with E-state index in [0.29, 0.717) is 12.5 Å². The van der Waals surface area contributed by atoms with Crippen LogP contribution in [0.3, 0.4) is 0 Å².